The van der Waals surface area contributed by atoms with E-state index in [0.29, 0.717) is 0 Å². The zero-order valence-corrected chi connectivity index (χ0v) is 43.1. The monoisotopic (exact) mass is 1010 g/mol. The molecule has 0 fully saturated rings. The fourth-order valence-electron chi connectivity index (χ4n) is 12.9. The molecule has 9 aromatic carbocycles. The molecule has 0 radical (unpaired) electrons. The second-order valence-electron chi connectivity index (χ2n) is 20.3. The van der Waals surface area contributed by atoms with Crippen molar-refractivity contribution in [3.05, 3.63) is 273 Å². The normalized spacial score (nSPS) is 12.1. The van der Waals surface area contributed by atoms with Crippen LogP contribution in [0.5, 0.6) is 0 Å². The molecule has 0 N–H and O–H groups in total. The van der Waals surface area contributed by atoms with E-state index in [1.165, 1.54) is 48.9 Å². The first-order valence-electron chi connectivity index (χ1n) is 26.5. The molecule has 78 heavy (non-hydrogen) atoms. The van der Waals surface area contributed by atoms with Crippen LogP contribution in [0.3, 0.4) is 0 Å². The highest BCUT2D eigenvalue weighted by molar-refractivity contribution is 7.19. The van der Waals surface area contributed by atoms with Crippen molar-refractivity contribution in [2.75, 3.05) is 0 Å². The van der Waals surface area contributed by atoms with Gasteiger partial charge < -0.3 is 13.4 Å². The Labute approximate surface area is 451 Å². The van der Waals surface area contributed by atoms with Gasteiger partial charge in [-0.1, -0.05) is 194 Å². The van der Waals surface area contributed by atoms with Crippen LogP contribution in [-0.4, -0.2) is 22.6 Å². The molecule has 0 amide bonds. The Morgan fingerprint density at radius 3 is 1.58 bits per heavy atom. The van der Waals surface area contributed by atoms with Gasteiger partial charge in [0.2, 0.25) is 8.07 Å². The molecule has 6 heteroatoms. The summed E-state index contributed by atoms with van der Waals surface area (Å²) in [6.45, 7) is 0. The van der Waals surface area contributed by atoms with E-state index in [2.05, 4.69) is 247 Å². The van der Waals surface area contributed by atoms with E-state index in [9.17, 15) is 0 Å². The standard InChI is InChI=1S/C72H45N3O2Si/c1-4-19-47(20-5-1)75-42-39-59-65-45-67(77-72(65)62-33-18-41-74-69(62)68-61(70(59)75)32-17-40-73-68)78(48-21-6-2-7-22-48,49-23-8-3-9-24-49)50-36-38-57-56-37-35-46(51-30-16-31-60-58-29-14-15-34-66(58)76-71(51)60)43-63(56)54-27-12-10-25-52(54)53-26-11-13-28-55(53)64(57)44-50/h1-45H. The first kappa shape index (κ1) is 44.2. The van der Waals surface area contributed by atoms with Gasteiger partial charge >= 0.3 is 0 Å². The molecule has 0 aliphatic heterocycles. The summed E-state index contributed by atoms with van der Waals surface area (Å²) in [7, 11) is -3.41. The zero-order valence-electron chi connectivity index (χ0n) is 42.1. The van der Waals surface area contributed by atoms with Gasteiger partial charge in [0.25, 0.3) is 0 Å². The van der Waals surface area contributed by atoms with Crippen molar-refractivity contribution in [3.63, 3.8) is 0 Å². The van der Waals surface area contributed by atoms with Gasteiger partial charge in [0, 0.05) is 62.9 Å². The zero-order chi connectivity index (χ0) is 51.3. The van der Waals surface area contributed by atoms with Crippen molar-refractivity contribution in [1.29, 1.82) is 0 Å². The smallest absolute Gasteiger partial charge is 0.223 e. The summed E-state index contributed by atoms with van der Waals surface area (Å²) in [5.41, 5.74) is 21.0. The molecule has 0 unspecified atom stereocenters. The van der Waals surface area contributed by atoms with Crippen LogP contribution >= 0.6 is 0 Å². The van der Waals surface area contributed by atoms with Crippen LogP contribution in [0, 0.1) is 0 Å². The number of benzene rings is 9. The van der Waals surface area contributed by atoms with E-state index in [0.717, 1.165) is 100 Å². The van der Waals surface area contributed by atoms with Crippen LogP contribution in [0.1, 0.15) is 0 Å². The van der Waals surface area contributed by atoms with Crippen LogP contribution in [0.4, 0.5) is 0 Å². The lowest BCUT2D eigenvalue weighted by molar-refractivity contribution is 0.615. The summed E-state index contributed by atoms with van der Waals surface area (Å²) in [4.78, 5) is 10.2. The summed E-state index contributed by atoms with van der Waals surface area (Å²) in [5, 5.41) is 6.79. The van der Waals surface area contributed by atoms with E-state index in [1.807, 2.05) is 30.6 Å². The Hall–Kier alpha value is -10.1. The summed E-state index contributed by atoms with van der Waals surface area (Å²) in [6.07, 6.45) is 5.91. The SMILES string of the molecule is c1ccc(-n2ccc3c2-c2cccnc2-c2ncccc2-c2oc([Si](c4ccccc4)(c4ccccc4)c4ccc5c(c4)-c4ccccc4-c4ccccc4-c4cc(-c6cccc7c6oc6ccccc67)ccc4-5)cc2-3)cc1. The van der Waals surface area contributed by atoms with E-state index in [1.54, 1.807) is 0 Å². The van der Waals surface area contributed by atoms with Gasteiger partial charge in [0.1, 0.15) is 22.6 Å². The number of aromatic nitrogens is 3. The van der Waals surface area contributed by atoms with Crippen molar-refractivity contribution < 1.29 is 8.83 Å². The Bertz CT molecular complexity index is 4650. The molecule has 5 heterocycles. The molecule has 2 aliphatic rings. The Morgan fingerprint density at radius 1 is 0.333 bits per heavy atom. The van der Waals surface area contributed by atoms with E-state index in [4.69, 9.17) is 18.8 Å². The average molecular weight is 1010 g/mol. The predicted molar refractivity (Wildman–Crippen MR) is 321 cm³/mol. The van der Waals surface area contributed by atoms with Crippen LogP contribution in [0.2, 0.25) is 0 Å². The maximum absolute atomic E-state index is 7.83. The number of rotatable bonds is 6. The van der Waals surface area contributed by atoms with Crippen LogP contribution in [0.15, 0.2) is 282 Å². The molecular weight excluding hydrogens is 967 g/mol. The van der Waals surface area contributed by atoms with Crippen molar-refractivity contribution in [3.8, 4) is 106 Å². The number of fused-ring (bicyclic) bond motifs is 19. The lowest BCUT2D eigenvalue weighted by atomic mass is 9.80. The summed E-state index contributed by atoms with van der Waals surface area (Å²) < 4.78 is 16.8. The molecule has 16 rings (SSSR count). The molecule has 0 saturated heterocycles. The quantitative estimate of drug-likeness (QED) is 0.123. The van der Waals surface area contributed by atoms with Gasteiger partial charge in [-0.05, 0) is 126 Å². The first-order valence-corrected chi connectivity index (χ1v) is 28.5. The number of hydrogen-bond donors (Lipinski definition) is 0. The number of para-hydroxylation sites is 3. The minimum atomic E-state index is -3.41. The van der Waals surface area contributed by atoms with Crippen LogP contribution in [0.25, 0.3) is 128 Å². The van der Waals surface area contributed by atoms with Crippen molar-refractivity contribution >= 4 is 51.0 Å². The molecule has 0 atom stereocenters. The van der Waals surface area contributed by atoms with Crippen LogP contribution < -0.4 is 20.9 Å². The highest BCUT2D eigenvalue weighted by atomic mass is 28.3. The van der Waals surface area contributed by atoms with Gasteiger partial charge in [-0.15, -0.1) is 0 Å². The van der Waals surface area contributed by atoms with Gasteiger partial charge in [-0.25, -0.2) is 0 Å². The maximum Gasteiger partial charge on any atom is 0.223 e. The fourth-order valence-corrected chi connectivity index (χ4v) is 17.4. The lowest BCUT2D eigenvalue weighted by Crippen LogP contribution is -2.74. The topological polar surface area (TPSA) is 57.0 Å². The first-order chi connectivity index (χ1) is 38.7. The largest absolute Gasteiger partial charge is 0.464 e. The molecule has 0 bridgehead atoms. The van der Waals surface area contributed by atoms with Gasteiger partial charge in [-0.2, -0.15) is 0 Å². The molecule has 2 aliphatic carbocycles. The van der Waals surface area contributed by atoms with E-state index < -0.39 is 8.07 Å². The Kier molecular flexibility index (Phi) is 9.89. The second-order valence-corrected chi connectivity index (χ2v) is 24.0. The number of hydrogen-bond acceptors (Lipinski definition) is 4. The third-order valence-electron chi connectivity index (χ3n) is 16.3. The maximum atomic E-state index is 7.83. The summed E-state index contributed by atoms with van der Waals surface area (Å²) in [5.74, 6) is 0.775. The lowest BCUT2D eigenvalue weighted by Gasteiger charge is -2.33. The van der Waals surface area contributed by atoms with Crippen molar-refractivity contribution in [1.82, 2.24) is 14.5 Å². The molecular formula is C72H45N3O2Si. The fraction of sp³-hybridized carbons (Fsp3) is 0. The third-order valence-corrected chi connectivity index (χ3v) is 20.8. The van der Waals surface area contributed by atoms with Gasteiger partial charge in [-0.3, -0.25) is 9.97 Å². The second kappa shape index (κ2) is 17.5. The summed E-state index contributed by atoms with van der Waals surface area (Å²) >= 11 is 0. The number of furan rings is 2. The highest BCUT2D eigenvalue weighted by Gasteiger charge is 2.47. The van der Waals surface area contributed by atoms with Crippen molar-refractivity contribution in [2.45, 2.75) is 0 Å². The van der Waals surface area contributed by atoms with E-state index in [-0.39, 0.29) is 0 Å². The van der Waals surface area contributed by atoms with Gasteiger partial charge in [0.15, 0.2) is 0 Å². The molecule has 0 saturated carbocycles. The van der Waals surface area contributed by atoms with Crippen molar-refractivity contribution in [2.24, 2.45) is 0 Å². The number of pyridine rings is 2. The van der Waals surface area contributed by atoms with E-state index >= 15 is 0 Å². The Morgan fingerprint density at radius 2 is 0.872 bits per heavy atom. The number of nitrogens with zero attached hydrogens (tertiary/aromatic N) is 3. The van der Waals surface area contributed by atoms with Gasteiger partial charge in [0.05, 0.1) is 16.8 Å². The molecule has 14 aromatic rings. The average Bonchev–Trinajstić information content (AvgIpc) is 4.32. The van der Waals surface area contributed by atoms with Crippen LogP contribution in [-0.2, 0) is 0 Å². The molecule has 5 nitrogen and oxygen atoms in total. The minimum Gasteiger partial charge on any atom is -0.464 e. The Balaban J connectivity index is 0.977. The highest BCUT2D eigenvalue weighted by Crippen LogP contribution is 2.51. The third kappa shape index (κ3) is 6.54. The summed E-state index contributed by atoms with van der Waals surface area (Å²) in [6, 6.07) is 92.7. The molecule has 364 valence electrons. The molecule has 5 aromatic heterocycles. The predicted octanol–water partition coefficient (Wildman–Crippen LogP) is 15.8. The minimum absolute atomic E-state index is 0.775. The molecule has 0 spiro atoms.